The average molecular weight is 310 g/mol. The fourth-order valence-corrected chi connectivity index (χ4v) is 2.65. The van der Waals surface area contributed by atoms with Crippen LogP contribution in [-0.4, -0.2) is 19.0 Å². The third kappa shape index (κ3) is 5.53. The first-order valence-electron chi connectivity index (χ1n) is 8.33. The molecule has 0 spiro atoms. The Kier molecular flexibility index (Phi) is 6.82. The van der Waals surface area contributed by atoms with Crippen molar-refractivity contribution in [1.82, 2.24) is 5.32 Å². The zero-order valence-corrected chi connectivity index (χ0v) is 14.1. The van der Waals surface area contributed by atoms with E-state index in [-0.39, 0.29) is 5.91 Å². The molecule has 23 heavy (non-hydrogen) atoms. The summed E-state index contributed by atoms with van der Waals surface area (Å²) in [7, 11) is 0. The number of carbonyl (C=O) groups excluding carboxylic acids is 1. The van der Waals surface area contributed by atoms with Gasteiger partial charge in [-0.3, -0.25) is 4.79 Å². The van der Waals surface area contributed by atoms with Crippen LogP contribution in [0.1, 0.15) is 30.0 Å². The van der Waals surface area contributed by atoms with Gasteiger partial charge in [-0.05, 0) is 49.4 Å². The molecule has 1 amide bonds. The molecule has 3 heteroatoms. The number of para-hydroxylation sites is 1. The number of hydrogen-bond donors (Lipinski definition) is 2. The summed E-state index contributed by atoms with van der Waals surface area (Å²) in [5.74, 6) is 0.0220. The Hall–Kier alpha value is -2.13. The zero-order chi connectivity index (χ0) is 16.5. The van der Waals surface area contributed by atoms with Gasteiger partial charge in [-0.15, -0.1) is 0 Å². The minimum Gasteiger partial charge on any atom is -0.324 e. The topological polar surface area (TPSA) is 41.1 Å². The van der Waals surface area contributed by atoms with E-state index in [0.29, 0.717) is 6.54 Å². The molecule has 0 saturated carbocycles. The molecule has 0 heterocycles. The number of nitrogens with one attached hydrogen (secondary N) is 2. The van der Waals surface area contributed by atoms with E-state index in [1.165, 1.54) is 11.1 Å². The molecule has 0 aliphatic heterocycles. The van der Waals surface area contributed by atoms with Gasteiger partial charge in [0.05, 0.1) is 6.54 Å². The maximum atomic E-state index is 12.1. The van der Waals surface area contributed by atoms with Crippen molar-refractivity contribution in [3.63, 3.8) is 0 Å². The average Bonchev–Trinajstić information content (AvgIpc) is 2.57. The Bertz CT molecular complexity index is 623. The summed E-state index contributed by atoms with van der Waals surface area (Å²) in [5, 5.41) is 6.26. The van der Waals surface area contributed by atoms with Gasteiger partial charge >= 0.3 is 0 Å². The van der Waals surface area contributed by atoms with Gasteiger partial charge in [-0.2, -0.15) is 0 Å². The van der Waals surface area contributed by atoms with E-state index in [1.54, 1.807) is 0 Å². The van der Waals surface area contributed by atoms with E-state index < -0.39 is 0 Å². The van der Waals surface area contributed by atoms with Crippen molar-refractivity contribution in [3.8, 4) is 0 Å². The van der Waals surface area contributed by atoms with Crippen LogP contribution in [-0.2, 0) is 17.6 Å². The van der Waals surface area contributed by atoms with E-state index in [2.05, 4.69) is 47.9 Å². The molecule has 0 aromatic heterocycles. The molecular weight excluding hydrogens is 284 g/mol. The number of rotatable bonds is 8. The highest BCUT2D eigenvalue weighted by molar-refractivity contribution is 5.93. The van der Waals surface area contributed by atoms with Crippen molar-refractivity contribution in [2.45, 2.75) is 33.1 Å². The van der Waals surface area contributed by atoms with Crippen LogP contribution in [0.2, 0.25) is 0 Å². The molecule has 0 aliphatic rings. The minimum absolute atomic E-state index is 0.0220. The Morgan fingerprint density at radius 3 is 2.57 bits per heavy atom. The van der Waals surface area contributed by atoms with E-state index in [4.69, 9.17) is 0 Å². The Morgan fingerprint density at radius 2 is 1.83 bits per heavy atom. The highest BCUT2D eigenvalue weighted by atomic mass is 16.1. The van der Waals surface area contributed by atoms with Crippen molar-refractivity contribution in [1.29, 1.82) is 0 Å². The van der Waals surface area contributed by atoms with Crippen molar-refractivity contribution >= 4 is 11.6 Å². The van der Waals surface area contributed by atoms with Crippen molar-refractivity contribution < 1.29 is 4.79 Å². The van der Waals surface area contributed by atoms with Gasteiger partial charge in [0.2, 0.25) is 5.91 Å². The van der Waals surface area contributed by atoms with Crippen LogP contribution in [0.15, 0.2) is 48.5 Å². The van der Waals surface area contributed by atoms with E-state index in [1.807, 2.05) is 25.1 Å². The standard InChI is InChI=1S/C20H26N2O/c1-3-18-13-7-9-16(2)20(18)22-19(23)15-21-14-8-12-17-10-5-4-6-11-17/h4-7,9-11,13,21H,3,8,12,14-15H2,1-2H3,(H,22,23). The second kappa shape index (κ2) is 9.11. The molecular formula is C20H26N2O. The first kappa shape index (κ1) is 17.2. The molecule has 0 radical (unpaired) electrons. The summed E-state index contributed by atoms with van der Waals surface area (Å²) in [6.07, 6.45) is 2.98. The van der Waals surface area contributed by atoms with Crippen LogP contribution < -0.4 is 10.6 Å². The highest BCUT2D eigenvalue weighted by Gasteiger charge is 2.08. The Balaban J connectivity index is 1.71. The number of hydrogen-bond acceptors (Lipinski definition) is 2. The van der Waals surface area contributed by atoms with Crippen LogP contribution in [0, 0.1) is 6.92 Å². The number of aryl methyl sites for hydroxylation is 3. The summed E-state index contributed by atoms with van der Waals surface area (Å²) in [4.78, 5) is 12.1. The summed E-state index contributed by atoms with van der Waals surface area (Å²) in [5.41, 5.74) is 4.60. The quantitative estimate of drug-likeness (QED) is 0.730. The van der Waals surface area contributed by atoms with Gasteiger partial charge in [0.25, 0.3) is 0 Å². The summed E-state index contributed by atoms with van der Waals surface area (Å²) >= 11 is 0. The first-order chi connectivity index (χ1) is 11.2. The van der Waals surface area contributed by atoms with Crippen LogP contribution >= 0.6 is 0 Å². The molecule has 2 N–H and O–H groups in total. The lowest BCUT2D eigenvalue weighted by molar-refractivity contribution is -0.115. The van der Waals surface area contributed by atoms with Gasteiger partial charge in [0.1, 0.15) is 0 Å². The molecule has 2 rings (SSSR count). The molecule has 122 valence electrons. The number of carbonyl (C=O) groups is 1. The molecule has 0 unspecified atom stereocenters. The fourth-order valence-electron chi connectivity index (χ4n) is 2.65. The van der Waals surface area contributed by atoms with Crippen LogP contribution in [0.25, 0.3) is 0 Å². The molecule has 0 fully saturated rings. The molecule has 0 atom stereocenters. The van der Waals surface area contributed by atoms with Gasteiger partial charge in [0.15, 0.2) is 0 Å². The SMILES string of the molecule is CCc1cccc(C)c1NC(=O)CNCCCc1ccccc1. The number of benzene rings is 2. The van der Waals surface area contributed by atoms with Crippen molar-refractivity contribution in [2.24, 2.45) is 0 Å². The molecule has 3 nitrogen and oxygen atoms in total. The second-order valence-corrected chi connectivity index (χ2v) is 5.78. The summed E-state index contributed by atoms with van der Waals surface area (Å²) in [6.45, 7) is 5.33. The molecule has 0 aliphatic carbocycles. The largest absolute Gasteiger partial charge is 0.324 e. The van der Waals surface area contributed by atoms with E-state index in [0.717, 1.165) is 37.1 Å². The van der Waals surface area contributed by atoms with Crippen LogP contribution in [0.5, 0.6) is 0 Å². The van der Waals surface area contributed by atoms with Gasteiger partial charge in [0, 0.05) is 5.69 Å². The van der Waals surface area contributed by atoms with Crippen molar-refractivity contribution in [3.05, 3.63) is 65.2 Å². The lowest BCUT2D eigenvalue weighted by Crippen LogP contribution is -2.29. The maximum Gasteiger partial charge on any atom is 0.238 e. The third-order valence-electron chi connectivity index (χ3n) is 3.95. The van der Waals surface area contributed by atoms with Crippen LogP contribution in [0.4, 0.5) is 5.69 Å². The van der Waals surface area contributed by atoms with Gasteiger partial charge in [-0.25, -0.2) is 0 Å². The van der Waals surface area contributed by atoms with Crippen molar-refractivity contribution in [2.75, 3.05) is 18.4 Å². The number of amides is 1. The number of anilines is 1. The summed E-state index contributed by atoms with van der Waals surface area (Å²) in [6, 6.07) is 16.5. The van der Waals surface area contributed by atoms with Gasteiger partial charge < -0.3 is 10.6 Å². The lowest BCUT2D eigenvalue weighted by atomic mass is 10.1. The third-order valence-corrected chi connectivity index (χ3v) is 3.95. The minimum atomic E-state index is 0.0220. The molecule has 0 bridgehead atoms. The smallest absolute Gasteiger partial charge is 0.238 e. The Morgan fingerprint density at radius 1 is 1.04 bits per heavy atom. The predicted octanol–water partition coefficient (Wildman–Crippen LogP) is 3.72. The zero-order valence-electron chi connectivity index (χ0n) is 14.1. The Labute approximate surface area is 139 Å². The predicted molar refractivity (Wildman–Crippen MR) is 96.8 cm³/mol. The first-order valence-corrected chi connectivity index (χ1v) is 8.33. The summed E-state index contributed by atoms with van der Waals surface area (Å²) < 4.78 is 0. The second-order valence-electron chi connectivity index (χ2n) is 5.78. The fraction of sp³-hybridized carbons (Fsp3) is 0.350. The normalized spacial score (nSPS) is 10.5. The van der Waals surface area contributed by atoms with E-state index in [9.17, 15) is 4.79 Å². The molecule has 2 aromatic rings. The van der Waals surface area contributed by atoms with Crippen LogP contribution in [0.3, 0.4) is 0 Å². The molecule has 2 aromatic carbocycles. The van der Waals surface area contributed by atoms with Gasteiger partial charge in [-0.1, -0.05) is 55.5 Å². The highest BCUT2D eigenvalue weighted by Crippen LogP contribution is 2.20. The molecule has 0 saturated heterocycles. The maximum absolute atomic E-state index is 12.1. The monoisotopic (exact) mass is 310 g/mol. The van der Waals surface area contributed by atoms with E-state index >= 15 is 0 Å². The lowest BCUT2D eigenvalue weighted by Gasteiger charge is -2.13.